The van der Waals surface area contributed by atoms with Crippen molar-refractivity contribution in [2.75, 3.05) is 5.32 Å². The predicted molar refractivity (Wildman–Crippen MR) is 93.1 cm³/mol. The minimum atomic E-state index is -4.84. The van der Waals surface area contributed by atoms with Crippen molar-refractivity contribution in [2.24, 2.45) is 0 Å². The summed E-state index contributed by atoms with van der Waals surface area (Å²) in [6.45, 7) is 2.72. The number of benzene rings is 2. The summed E-state index contributed by atoms with van der Waals surface area (Å²) in [7, 11) is 0. The average Bonchev–Trinajstić information content (AvgIpc) is 2.61. The third kappa shape index (κ3) is 6.11. The van der Waals surface area contributed by atoms with Gasteiger partial charge < -0.3 is 14.8 Å². The van der Waals surface area contributed by atoms with Crippen LogP contribution in [0.4, 0.5) is 18.9 Å². The molecule has 0 saturated carbocycles. The molecule has 1 unspecified atom stereocenters. The standard InChI is InChI=1S/C19H16F3NO5/c1-11(24)14-4-3-5-15(10-14)23-17(25)12(2)27-18(26)13-6-8-16(9-7-13)28-19(20,21)22/h3-10,12H,1-2H3,(H,23,25). The van der Waals surface area contributed by atoms with Crippen LogP contribution in [-0.2, 0) is 9.53 Å². The molecule has 0 aromatic heterocycles. The van der Waals surface area contributed by atoms with Crippen LogP contribution >= 0.6 is 0 Å². The zero-order chi connectivity index (χ0) is 20.9. The molecule has 0 saturated heterocycles. The number of amides is 1. The Balaban J connectivity index is 1.97. The summed E-state index contributed by atoms with van der Waals surface area (Å²) in [5, 5.41) is 2.52. The molecule has 0 aliphatic carbocycles. The van der Waals surface area contributed by atoms with Gasteiger partial charge in [0.05, 0.1) is 5.56 Å². The van der Waals surface area contributed by atoms with E-state index in [1.165, 1.54) is 19.9 Å². The van der Waals surface area contributed by atoms with Crippen molar-refractivity contribution >= 4 is 23.3 Å². The topological polar surface area (TPSA) is 81.7 Å². The second-order valence-corrected chi connectivity index (χ2v) is 5.75. The molecule has 28 heavy (non-hydrogen) atoms. The zero-order valence-corrected chi connectivity index (χ0v) is 14.9. The number of esters is 1. The van der Waals surface area contributed by atoms with E-state index < -0.39 is 30.1 Å². The summed E-state index contributed by atoms with van der Waals surface area (Å²) in [5.74, 6) is -2.18. The Morgan fingerprint density at radius 3 is 2.21 bits per heavy atom. The highest BCUT2D eigenvalue weighted by Crippen LogP contribution is 2.23. The largest absolute Gasteiger partial charge is 0.573 e. The third-order valence-corrected chi connectivity index (χ3v) is 3.51. The lowest BCUT2D eigenvalue weighted by molar-refractivity contribution is -0.274. The Kier molecular flexibility index (Phi) is 6.40. The van der Waals surface area contributed by atoms with Gasteiger partial charge >= 0.3 is 12.3 Å². The Morgan fingerprint density at radius 1 is 1.00 bits per heavy atom. The van der Waals surface area contributed by atoms with Gasteiger partial charge in [-0.25, -0.2) is 4.79 Å². The van der Waals surface area contributed by atoms with Crippen molar-refractivity contribution in [1.29, 1.82) is 0 Å². The normalized spacial score (nSPS) is 12.0. The van der Waals surface area contributed by atoms with Crippen LogP contribution < -0.4 is 10.1 Å². The number of ketones is 1. The van der Waals surface area contributed by atoms with Crippen molar-refractivity contribution in [3.8, 4) is 5.75 Å². The monoisotopic (exact) mass is 395 g/mol. The molecule has 1 amide bonds. The number of hydrogen-bond acceptors (Lipinski definition) is 5. The lowest BCUT2D eigenvalue weighted by Gasteiger charge is -2.14. The number of hydrogen-bond donors (Lipinski definition) is 1. The zero-order valence-electron chi connectivity index (χ0n) is 14.9. The molecule has 2 rings (SSSR count). The molecule has 0 radical (unpaired) electrons. The third-order valence-electron chi connectivity index (χ3n) is 3.51. The molecule has 0 heterocycles. The summed E-state index contributed by atoms with van der Waals surface area (Å²) >= 11 is 0. The molecule has 0 spiro atoms. The number of ether oxygens (including phenoxy) is 2. The fourth-order valence-electron chi connectivity index (χ4n) is 2.13. The summed E-state index contributed by atoms with van der Waals surface area (Å²) in [6.07, 6.45) is -6.02. The van der Waals surface area contributed by atoms with E-state index in [4.69, 9.17) is 4.74 Å². The van der Waals surface area contributed by atoms with Gasteiger partial charge in [-0.15, -0.1) is 13.2 Å². The van der Waals surface area contributed by atoms with Crippen molar-refractivity contribution in [3.63, 3.8) is 0 Å². The van der Waals surface area contributed by atoms with Gasteiger partial charge in [-0.05, 0) is 50.2 Å². The second kappa shape index (κ2) is 8.55. The van der Waals surface area contributed by atoms with Gasteiger partial charge in [0.1, 0.15) is 5.75 Å². The molecule has 9 heteroatoms. The summed E-state index contributed by atoms with van der Waals surface area (Å²) in [4.78, 5) is 35.6. The lowest BCUT2D eigenvalue weighted by atomic mass is 10.1. The number of carbonyl (C=O) groups is 3. The molecule has 148 valence electrons. The van der Waals surface area contributed by atoms with E-state index in [0.717, 1.165) is 24.3 Å². The molecule has 0 aliphatic rings. The van der Waals surface area contributed by atoms with Crippen LogP contribution in [0.1, 0.15) is 34.6 Å². The van der Waals surface area contributed by atoms with E-state index in [2.05, 4.69) is 10.1 Å². The van der Waals surface area contributed by atoms with Crippen molar-refractivity contribution < 1.29 is 37.0 Å². The molecule has 1 N–H and O–H groups in total. The van der Waals surface area contributed by atoms with Gasteiger partial charge in [0.25, 0.3) is 5.91 Å². The number of anilines is 1. The SMILES string of the molecule is CC(=O)c1cccc(NC(=O)C(C)OC(=O)c2ccc(OC(F)(F)F)cc2)c1. The van der Waals surface area contributed by atoms with E-state index in [1.54, 1.807) is 18.2 Å². The highest BCUT2D eigenvalue weighted by molar-refractivity contribution is 5.99. The second-order valence-electron chi connectivity index (χ2n) is 5.75. The fourth-order valence-corrected chi connectivity index (χ4v) is 2.13. The summed E-state index contributed by atoms with van der Waals surface area (Å²) in [6, 6.07) is 10.3. The first-order valence-corrected chi connectivity index (χ1v) is 8.04. The highest BCUT2D eigenvalue weighted by atomic mass is 19.4. The molecule has 2 aromatic carbocycles. The van der Waals surface area contributed by atoms with Crippen LogP contribution in [0.15, 0.2) is 48.5 Å². The van der Waals surface area contributed by atoms with Crippen LogP contribution in [0.3, 0.4) is 0 Å². The molecule has 0 bridgehead atoms. The van der Waals surface area contributed by atoms with Crippen LogP contribution in [0, 0.1) is 0 Å². The Labute approximate surface area is 158 Å². The van der Waals surface area contributed by atoms with Crippen LogP contribution in [0.5, 0.6) is 5.75 Å². The van der Waals surface area contributed by atoms with E-state index in [9.17, 15) is 27.6 Å². The van der Waals surface area contributed by atoms with Gasteiger partial charge in [-0.3, -0.25) is 9.59 Å². The fraction of sp³-hybridized carbons (Fsp3) is 0.211. The van der Waals surface area contributed by atoms with Crippen LogP contribution in [-0.4, -0.2) is 30.1 Å². The highest BCUT2D eigenvalue weighted by Gasteiger charge is 2.31. The summed E-state index contributed by atoms with van der Waals surface area (Å²) < 4.78 is 45.1. The van der Waals surface area contributed by atoms with Gasteiger partial charge in [-0.1, -0.05) is 12.1 Å². The van der Waals surface area contributed by atoms with Crippen LogP contribution in [0.2, 0.25) is 0 Å². The van der Waals surface area contributed by atoms with Crippen molar-refractivity contribution in [3.05, 3.63) is 59.7 Å². The van der Waals surface area contributed by atoms with E-state index in [-0.39, 0.29) is 11.3 Å². The first-order chi connectivity index (χ1) is 13.0. The summed E-state index contributed by atoms with van der Waals surface area (Å²) in [5.41, 5.74) is 0.714. The van der Waals surface area contributed by atoms with Gasteiger partial charge in [-0.2, -0.15) is 0 Å². The number of Topliss-reactive ketones (excluding diaryl/α,β-unsaturated/α-hetero) is 1. The Hall–Kier alpha value is -3.36. The van der Waals surface area contributed by atoms with Gasteiger partial charge in [0.15, 0.2) is 11.9 Å². The Morgan fingerprint density at radius 2 is 1.64 bits per heavy atom. The number of rotatable bonds is 6. The molecular formula is C19H16F3NO5. The maximum atomic E-state index is 12.2. The lowest BCUT2D eigenvalue weighted by Crippen LogP contribution is -2.30. The van der Waals surface area contributed by atoms with Crippen LogP contribution in [0.25, 0.3) is 0 Å². The first-order valence-electron chi connectivity index (χ1n) is 8.04. The Bertz CT molecular complexity index is 878. The molecular weight excluding hydrogens is 379 g/mol. The maximum absolute atomic E-state index is 12.2. The van der Waals surface area contributed by atoms with Gasteiger partial charge in [0.2, 0.25) is 0 Å². The minimum absolute atomic E-state index is 0.0484. The predicted octanol–water partition coefficient (Wildman–Crippen LogP) is 3.97. The molecule has 6 nitrogen and oxygen atoms in total. The van der Waals surface area contributed by atoms with E-state index in [0.29, 0.717) is 11.3 Å². The van der Waals surface area contributed by atoms with Crippen molar-refractivity contribution in [1.82, 2.24) is 0 Å². The maximum Gasteiger partial charge on any atom is 0.573 e. The minimum Gasteiger partial charge on any atom is -0.449 e. The smallest absolute Gasteiger partial charge is 0.449 e. The van der Waals surface area contributed by atoms with E-state index in [1.807, 2.05) is 0 Å². The molecule has 2 aromatic rings. The number of nitrogens with one attached hydrogen (secondary N) is 1. The van der Waals surface area contributed by atoms with Gasteiger partial charge in [0, 0.05) is 11.3 Å². The number of halogens is 3. The molecule has 0 fully saturated rings. The van der Waals surface area contributed by atoms with E-state index >= 15 is 0 Å². The van der Waals surface area contributed by atoms with Crippen molar-refractivity contribution in [2.45, 2.75) is 26.3 Å². The molecule has 1 atom stereocenters. The number of alkyl halides is 3. The molecule has 0 aliphatic heterocycles. The quantitative estimate of drug-likeness (QED) is 0.591. The average molecular weight is 395 g/mol. The number of carbonyl (C=O) groups excluding carboxylic acids is 3. The first kappa shape index (κ1) is 20.9.